The first-order valence-electron chi connectivity index (χ1n) is 4.50. The predicted octanol–water partition coefficient (Wildman–Crippen LogP) is 2.88. The Morgan fingerprint density at radius 1 is 1.67 bits per heavy atom. The zero-order chi connectivity index (χ0) is 9.19. The second-order valence-electron chi connectivity index (χ2n) is 4.12. The van der Waals surface area contributed by atoms with E-state index < -0.39 is 5.60 Å². The van der Waals surface area contributed by atoms with Crippen LogP contribution in [0.25, 0.3) is 0 Å². The Kier molecular flexibility index (Phi) is 3.36. The fourth-order valence-corrected chi connectivity index (χ4v) is 2.16. The first kappa shape index (κ1) is 10.3. The number of allylic oxidation sites excluding steroid dienone is 2. The smallest absolute Gasteiger partial charge is 0.0622 e. The Bertz CT molecular complexity index is 179. The zero-order valence-electron chi connectivity index (χ0n) is 7.81. The van der Waals surface area contributed by atoms with Crippen LogP contribution in [0.2, 0.25) is 0 Å². The molecule has 0 fully saturated rings. The van der Waals surface area contributed by atoms with Gasteiger partial charge in [0.25, 0.3) is 0 Å². The Balaban J connectivity index is 2.52. The summed E-state index contributed by atoms with van der Waals surface area (Å²) in [5.41, 5.74) is 0.976. The lowest BCUT2D eigenvalue weighted by Crippen LogP contribution is -2.31. The molecule has 0 aliphatic heterocycles. The van der Waals surface area contributed by atoms with E-state index in [1.165, 1.54) is 5.57 Å². The monoisotopic (exact) mass is 232 g/mol. The molecule has 0 heterocycles. The summed E-state index contributed by atoms with van der Waals surface area (Å²) in [7, 11) is 0. The molecule has 0 aromatic rings. The van der Waals surface area contributed by atoms with Gasteiger partial charge in [0.2, 0.25) is 0 Å². The first-order valence-corrected chi connectivity index (χ1v) is 5.62. The van der Waals surface area contributed by atoms with E-state index in [4.69, 9.17) is 0 Å². The molecule has 0 amide bonds. The van der Waals surface area contributed by atoms with E-state index >= 15 is 0 Å². The molecule has 1 nitrogen and oxygen atoms in total. The van der Waals surface area contributed by atoms with Gasteiger partial charge in [-0.2, -0.15) is 0 Å². The fraction of sp³-hybridized carbons (Fsp3) is 0.800. The molecule has 1 aliphatic rings. The highest BCUT2D eigenvalue weighted by Crippen LogP contribution is 2.31. The molecule has 12 heavy (non-hydrogen) atoms. The topological polar surface area (TPSA) is 20.2 Å². The van der Waals surface area contributed by atoms with Gasteiger partial charge in [-0.3, -0.25) is 0 Å². The molecule has 0 aromatic heterocycles. The van der Waals surface area contributed by atoms with Gasteiger partial charge in [0, 0.05) is 5.33 Å². The summed E-state index contributed by atoms with van der Waals surface area (Å²) in [6, 6.07) is 0. The van der Waals surface area contributed by atoms with Gasteiger partial charge >= 0.3 is 0 Å². The van der Waals surface area contributed by atoms with E-state index in [2.05, 4.69) is 22.0 Å². The van der Waals surface area contributed by atoms with Crippen LogP contribution >= 0.6 is 15.9 Å². The van der Waals surface area contributed by atoms with Gasteiger partial charge in [0.15, 0.2) is 0 Å². The van der Waals surface area contributed by atoms with E-state index in [-0.39, 0.29) is 0 Å². The highest BCUT2D eigenvalue weighted by molar-refractivity contribution is 9.09. The molecule has 0 spiro atoms. The minimum absolute atomic E-state index is 0.445. The molecule has 0 bridgehead atoms. The summed E-state index contributed by atoms with van der Waals surface area (Å²) >= 11 is 3.45. The van der Waals surface area contributed by atoms with Gasteiger partial charge < -0.3 is 5.11 Å². The highest BCUT2D eigenvalue weighted by atomic mass is 79.9. The minimum atomic E-state index is -0.506. The molecule has 0 radical (unpaired) electrons. The number of halogens is 1. The van der Waals surface area contributed by atoms with Gasteiger partial charge in [-0.1, -0.05) is 27.6 Å². The van der Waals surface area contributed by atoms with Crippen molar-refractivity contribution in [3.8, 4) is 0 Å². The van der Waals surface area contributed by atoms with Crippen LogP contribution in [0.3, 0.4) is 0 Å². The summed E-state index contributed by atoms with van der Waals surface area (Å²) < 4.78 is 0. The average Bonchev–Trinajstić information content (AvgIpc) is 2.03. The number of rotatable bonds is 2. The van der Waals surface area contributed by atoms with Crippen molar-refractivity contribution in [1.82, 2.24) is 0 Å². The van der Waals surface area contributed by atoms with Crippen LogP contribution in [-0.2, 0) is 0 Å². The maximum absolute atomic E-state index is 9.76. The van der Waals surface area contributed by atoms with Crippen molar-refractivity contribution in [1.29, 1.82) is 0 Å². The number of aliphatic hydroxyl groups is 1. The van der Waals surface area contributed by atoms with Crippen LogP contribution in [0.4, 0.5) is 0 Å². The van der Waals surface area contributed by atoms with E-state index in [9.17, 15) is 5.11 Å². The molecule has 0 aromatic carbocycles. The number of alkyl halides is 1. The van der Waals surface area contributed by atoms with Crippen molar-refractivity contribution in [2.45, 2.75) is 38.7 Å². The second kappa shape index (κ2) is 3.93. The summed E-state index contributed by atoms with van der Waals surface area (Å²) in [6.45, 7) is 3.81. The molecule has 0 saturated heterocycles. The summed E-state index contributed by atoms with van der Waals surface area (Å²) in [4.78, 5) is 0. The lowest BCUT2D eigenvalue weighted by atomic mass is 9.80. The Hall–Kier alpha value is 0.180. The average molecular weight is 233 g/mol. The highest BCUT2D eigenvalue weighted by Gasteiger charge is 2.27. The van der Waals surface area contributed by atoms with Crippen LogP contribution in [-0.4, -0.2) is 16.0 Å². The molecule has 70 valence electrons. The summed E-state index contributed by atoms with van der Waals surface area (Å²) in [5.74, 6) is 0.445. The van der Waals surface area contributed by atoms with E-state index in [0.29, 0.717) is 5.92 Å². The first-order chi connectivity index (χ1) is 5.54. The van der Waals surface area contributed by atoms with Crippen LogP contribution in [0, 0.1) is 5.92 Å². The third kappa shape index (κ3) is 2.60. The van der Waals surface area contributed by atoms with Crippen molar-refractivity contribution in [3.63, 3.8) is 0 Å². The van der Waals surface area contributed by atoms with Gasteiger partial charge in [-0.25, -0.2) is 0 Å². The fourth-order valence-electron chi connectivity index (χ4n) is 1.65. The van der Waals surface area contributed by atoms with Crippen LogP contribution in [0.1, 0.15) is 33.1 Å². The van der Waals surface area contributed by atoms with Gasteiger partial charge in [0.05, 0.1) is 5.60 Å². The Morgan fingerprint density at radius 3 is 2.67 bits per heavy atom. The summed E-state index contributed by atoms with van der Waals surface area (Å²) in [5, 5.41) is 10.8. The van der Waals surface area contributed by atoms with Crippen LogP contribution in [0.5, 0.6) is 0 Å². The minimum Gasteiger partial charge on any atom is -0.390 e. The molecule has 2 heteroatoms. The SMILES string of the molecule is CC(C)(O)[C@H]1CC=C(CBr)CC1. The van der Waals surface area contributed by atoms with Crippen molar-refractivity contribution >= 4 is 15.9 Å². The van der Waals surface area contributed by atoms with Crippen molar-refractivity contribution in [2.24, 2.45) is 5.92 Å². The van der Waals surface area contributed by atoms with Crippen LogP contribution in [0.15, 0.2) is 11.6 Å². The van der Waals surface area contributed by atoms with E-state index in [0.717, 1.165) is 24.6 Å². The molecule has 1 rings (SSSR count). The molecular formula is C10H17BrO. The quantitative estimate of drug-likeness (QED) is 0.574. The zero-order valence-corrected chi connectivity index (χ0v) is 9.39. The molecule has 0 unspecified atom stereocenters. The number of hydrogen-bond acceptors (Lipinski definition) is 1. The van der Waals surface area contributed by atoms with Gasteiger partial charge in [-0.15, -0.1) is 0 Å². The molecular weight excluding hydrogens is 216 g/mol. The molecule has 1 N–H and O–H groups in total. The van der Waals surface area contributed by atoms with Crippen molar-refractivity contribution in [2.75, 3.05) is 5.33 Å². The van der Waals surface area contributed by atoms with Crippen molar-refractivity contribution < 1.29 is 5.11 Å². The largest absolute Gasteiger partial charge is 0.390 e. The van der Waals surface area contributed by atoms with Crippen molar-refractivity contribution in [3.05, 3.63) is 11.6 Å². The van der Waals surface area contributed by atoms with E-state index in [1.54, 1.807) is 0 Å². The lowest BCUT2D eigenvalue weighted by Gasteiger charge is -2.31. The number of hydrogen-bond donors (Lipinski definition) is 1. The molecule has 1 atom stereocenters. The Labute approximate surface area is 83.0 Å². The lowest BCUT2D eigenvalue weighted by molar-refractivity contribution is 0.0127. The third-order valence-electron chi connectivity index (χ3n) is 2.68. The van der Waals surface area contributed by atoms with Crippen LogP contribution < -0.4 is 0 Å². The second-order valence-corrected chi connectivity index (χ2v) is 4.68. The normalized spacial score (nSPS) is 25.3. The van der Waals surface area contributed by atoms with Gasteiger partial charge in [-0.05, 0) is 39.0 Å². The maximum Gasteiger partial charge on any atom is 0.0622 e. The van der Waals surface area contributed by atoms with Gasteiger partial charge in [0.1, 0.15) is 0 Å². The molecule has 1 aliphatic carbocycles. The third-order valence-corrected chi connectivity index (χ3v) is 3.40. The maximum atomic E-state index is 9.76. The standard InChI is InChI=1S/C10H17BrO/c1-10(2,12)9-5-3-8(7-11)4-6-9/h3,9,12H,4-7H2,1-2H3/t9-/m0/s1. The van der Waals surface area contributed by atoms with E-state index in [1.807, 2.05) is 13.8 Å². The molecule has 0 saturated carbocycles. The predicted molar refractivity (Wildman–Crippen MR) is 55.5 cm³/mol. The summed E-state index contributed by atoms with van der Waals surface area (Å²) in [6.07, 6.45) is 5.56. The Morgan fingerprint density at radius 2 is 2.33 bits per heavy atom.